The molecule has 3 rings (SSSR count). The Bertz CT molecular complexity index is 709. The second-order valence-electron chi connectivity index (χ2n) is 5.86. The van der Waals surface area contributed by atoms with E-state index in [1.54, 1.807) is 47.5 Å². The van der Waals surface area contributed by atoms with Gasteiger partial charge in [-0.05, 0) is 53.4 Å². The lowest BCUT2D eigenvalue weighted by Crippen LogP contribution is -2.28. The normalized spacial score (nSPS) is 16.8. The third-order valence-corrected chi connectivity index (χ3v) is 4.68. The van der Waals surface area contributed by atoms with Crippen LogP contribution in [0.5, 0.6) is 0 Å². The van der Waals surface area contributed by atoms with Gasteiger partial charge in [-0.15, -0.1) is 0 Å². The van der Waals surface area contributed by atoms with Crippen LogP contribution in [0.25, 0.3) is 0 Å². The first-order valence-corrected chi connectivity index (χ1v) is 8.87. The average Bonchev–Trinajstić information content (AvgIpc) is 3.28. The maximum absolute atomic E-state index is 12.6. The van der Waals surface area contributed by atoms with Gasteiger partial charge in [0.15, 0.2) is 0 Å². The Morgan fingerprint density at radius 2 is 2.25 bits per heavy atom. The summed E-state index contributed by atoms with van der Waals surface area (Å²) < 4.78 is 5.38. The van der Waals surface area contributed by atoms with Crippen molar-refractivity contribution in [3.8, 4) is 0 Å². The van der Waals surface area contributed by atoms with Crippen molar-refractivity contribution in [1.29, 1.82) is 0 Å². The molecule has 2 aromatic rings. The van der Waals surface area contributed by atoms with E-state index in [0.29, 0.717) is 24.4 Å². The predicted molar refractivity (Wildman–Crippen MR) is 94.2 cm³/mol. The third-order valence-electron chi connectivity index (χ3n) is 3.95. The molecule has 1 N–H and O–H groups in total. The number of thiophene rings is 1. The van der Waals surface area contributed by atoms with E-state index in [1.807, 2.05) is 16.8 Å². The average molecular weight is 344 g/mol. The molecular weight excluding hydrogens is 324 g/mol. The number of amides is 2. The van der Waals surface area contributed by atoms with Gasteiger partial charge in [0, 0.05) is 31.5 Å². The van der Waals surface area contributed by atoms with Gasteiger partial charge in [-0.25, -0.2) is 0 Å². The number of nitrogens with one attached hydrogen (secondary N) is 1. The number of anilines is 1. The first-order chi connectivity index (χ1) is 11.6. The van der Waals surface area contributed by atoms with Crippen molar-refractivity contribution in [2.24, 2.45) is 0 Å². The number of carbonyl (C=O) groups excluding carboxylic acids is 2. The van der Waals surface area contributed by atoms with E-state index in [-0.39, 0.29) is 17.9 Å². The summed E-state index contributed by atoms with van der Waals surface area (Å²) >= 11 is 1.61. The molecule has 2 heterocycles. The summed E-state index contributed by atoms with van der Waals surface area (Å²) in [5.74, 6) is -0.224. The van der Waals surface area contributed by atoms with E-state index in [0.717, 1.165) is 18.4 Å². The van der Waals surface area contributed by atoms with Crippen LogP contribution in [0.2, 0.25) is 0 Å². The molecule has 1 fully saturated rings. The summed E-state index contributed by atoms with van der Waals surface area (Å²) in [6, 6.07) is 9.03. The Morgan fingerprint density at radius 1 is 1.38 bits per heavy atom. The first kappa shape index (κ1) is 16.7. The predicted octanol–water partition coefficient (Wildman–Crippen LogP) is 3.14. The summed E-state index contributed by atoms with van der Waals surface area (Å²) in [5.41, 5.74) is 2.28. The van der Waals surface area contributed by atoms with Crippen LogP contribution in [0.4, 0.5) is 5.69 Å². The number of carbonyl (C=O) groups is 2. The van der Waals surface area contributed by atoms with Crippen LogP contribution in [-0.4, -0.2) is 36.5 Å². The van der Waals surface area contributed by atoms with E-state index in [1.165, 1.54) is 0 Å². The molecule has 24 heavy (non-hydrogen) atoms. The highest BCUT2D eigenvalue weighted by Gasteiger charge is 2.23. The zero-order chi connectivity index (χ0) is 16.9. The Labute approximate surface area is 145 Å². The minimum absolute atomic E-state index is 0.0746. The van der Waals surface area contributed by atoms with Crippen LogP contribution in [0.15, 0.2) is 41.1 Å². The zero-order valence-corrected chi connectivity index (χ0v) is 14.3. The van der Waals surface area contributed by atoms with Crippen LogP contribution in [-0.2, 0) is 16.1 Å². The lowest BCUT2D eigenvalue weighted by atomic mass is 10.1. The Hall–Kier alpha value is -2.18. The molecule has 2 amide bonds. The number of rotatable bonds is 5. The number of hydrogen-bond donors (Lipinski definition) is 1. The van der Waals surface area contributed by atoms with Gasteiger partial charge in [0.25, 0.3) is 11.8 Å². The van der Waals surface area contributed by atoms with Crippen LogP contribution in [0.3, 0.4) is 0 Å². The highest BCUT2D eigenvalue weighted by molar-refractivity contribution is 7.07. The topological polar surface area (TPSA) is 58.6 Å². The molecule has 126 valence electrons. The number of hydrogen-bond acceptors (Lipinski definition) is 4. The van der Waals surface area contributed by atoms with Gasteiger partial charge in [-0.1, -0.05) is 6.07 Å². The molecule has 1 aliphatic heterocycles. The Morgan fingerprint density at radius 3 is 2.96 bits per heavy atom. The molecular formula is C18H20N2O3S. The largest absolute Gasteiger partial charge is 0.368 e. The SMILES string of the molecule is CN(Cc1ccsc1)C(=O)c1cccc(NC(=O)[C@@H]2CCCO2)c1. The van der Waals surface area contributed by atoms with Crippen molar-refractivity contribution >= 4 is 28.8 Å². The van der Waals surface area contributed by atoms with Crippen LogP contribution < -0.4 is 5.32 Å². The summed E-state index contributed by atoms with van der Waals surface area (Å²) in [4.78, 5) is 26.3. The molecule has 1 aromatic carbocycles. The number of nitrogens with zero attached hydrogens (tertiary/aromatic N) is 1. The van der Waals surface area contributed by atoms with E-state index < -0.39 is 0 Å². The standard InChI is InChI=1S/C18H20N2O3S/c1-20(11-13-7-9-24-12-13)18(22)14-4-2-5-15(10-14)19-17(21)16-6-3-8-23-16/h2,4-5,7,9-10,12,16H,3,6,8,11H2,1H3,(H,19,21)/t16-/m0/s1. The summed E-state index contributed by atoms with van der Waals surface area (Å²) in [7, 11) is 1.78. The molecule has 0 unspecified atom stereocenters. The maximum atomic E-state index is 12.6. The van der Waals surface area contributed by atoms with Gasteiger partial charge >= 0.3 is 0 Å². The molecule has 1 atom stereocenters. The number of benzene rings is 1. The minimum Gasteiger partial charge on any atom is -0.368 e. The van der Waals surface area contributed by atoms with Gasteiger partial charge in [-0.2, -0.15) is 11.3 Å². The van der Waals surface area contributed by atoms with Gasteiger partial charge in [0.1, 0.15) is 6.10 Å². The molecule has 0 spiro atoms. The van der Waals surface area contributed by atoms with Gasteiger partial charge < -0.3 is 15.0 Å². The molecule has 1 aliphatic rings. The molecule has 0 radical (unpaired) electrons. The Balaban J connectivity index is 1.65. The molecule has 0 aliphatic carbocycles. The van der Waals surface area contributed by atoms with Crippen molar-refractivity contribution in [3.63, 3.8) is 0 Å². The van der Waals surface area contributed by atoms with E-state index in [9.17, 15) is 9.59 Å². The van der Waals surface area contributed by atoms with Crippen molar-refractivity contribution in [2.45, 2.75) is 25.5 Å². The quantitative estimate of drug-likeness (QED) is 0.906. The van der Waals surface area contributed by atoms with Crippen molar-refractivity contribution < 1.29 is 14.3 Å². The zero-order valence-electron chi connectivity index (χ0n) is 13.5. The van der Waals surface area contributed by atoms with Gasteiger partial charge in [-0.3, -0.25) is 9.59 Å². The first-order valence-electron chi connectivity index (χ1n) is 7.92. The van der Waals surface area contributed by atoms with E-state index in [2.05, 4.69) is 5.32 Å². The lowest BCUT2D eigenvalue weighted by molar-refractivity contribution is -0.124. The monoisotopic (exact) mass is 344 g/mol. The van der Waals surface area contributed by atoms with Gasteiger partial charge in [0.2, 0.25) is 0 Å². The molecule has 1 saturated heterocycles. The fraction of sp³-hybridized carbons (Fsp3) is 0.333. The van der Waals surface area contributed by atoms with Crippen molar-refractivity contribution in [2.75, 3.05) is 19.0 Å². The lowest BCUT2D eigenvalue weighted by Gasteiger charge is -2.17. The van der Waals surface area contributed by atoms with Crippen molar-refractivity contribution in [1.82, 2.24) is 4.90 Å². The summed E-state index contributed by atoms with van der Waals surface area (Å²) in [6.07, 6.45) is 1.27. The summed E-state index contributed by atoms with van der Waals surface area (Å²) in [5, 5.41) is 6.86. The smallest absolute Gasteiger partial charge is 0.253 e. The highest BCUT2D eigenvalue weighted by Crippen LogP contribution is 2.18. The van der Waals surface area contributed by atoms with Crippen molar-refractivity contribution in [3.05, 3.63) is 52.2 Å². The Kier molecular flexibility index (Phi) is 5.27. The molecule has 5 nitrogen and oxygen atoms in total. The van der Waals surface area contributed by atoms with Gasteiger partial charge in [0.05, 0.1) is 0 Å². The summed E-state index contributed by atoms with van der Waals surface area (Å²) in [6.45, 7) is 1.19. The number of ether oxygens (including phenoxy) is 1. The molecule has 0 saturated carbocycles. The highest BCUT2D eigenvalue weighted by atomic mass is 32.1. The fourth-order valence-electron chi connectivity index (χ4n) is 2.69. The maximum Gasteiger partial charge on any atom is 0.253 e. The molecule has 1 aromatic heterocycles. The van der Waals surface area contributed by atoms with Crippen LogP contribution in [0, 0.1) is 0 Å². The van der Waals surface area contributed by atoms with Crippen LogP contribution in [0.1, 0.15) is 28.8 Å². The van der Waals surface area contributed by atoms with E-state index in [4.69, 9.17) is 4.74 Å². The fourth-order valence-corrected chi connectivity index (χ4v) is 3.35. The second-order valence-corrected chi connectivity index (χ2v) is 6.64. The third kappa shape index (κ3) is 4.01. The molecule has 0 bridgehead atoms. The van der Waals surface area contributed by atoms with Crippen LogP contribution >= 0.6 is 11.3 Å². The minimum atomic E-state index is -0.384. The second kappa shape index (κ2) is 7.59. The van der Waals surface area contributed by atoms with E-state index >= 15 is 0 Å². The molecule has 6 heteroatoms.